The number of aliphatic hydroxyl groups is 1. The van der Waals surface area contributed by atoms with Gasteiger partial charge >= 0.3 is 17.9 Å². The second kappa shape index (κ2) is 14.3. The van der Waals surface area contributed by atoms with Crippen LogP contribution in [0.5, 0.6) is 5.75 Å². The maximum atomic E-state index is 16.1. The zero-order valence-electron chi connectivity index (χ0n) is 25.4. The summed E-state index contributed by atoms with van der Waals surface area (Å²) in [6.07, 6.45) is -0.678. The number of benzene rings is 2. The van der Waals surface area contributed by atoms with Crippen LogP contribution in [-0.4, -0.2) is 50.7 Å². The van der Waals surface area contributed by atoms with Crippen molar-refractivity contribution in [1.82, 2.24) is 15.3 Å². The summed E-state index contributed by atoms with van der Waals surface area (Å²) in [4.78, 5) is 36.0. The minimum absolute atomic E-state index is 0.0477. The Balaban J connectivity index is 1.76. The number of carbonyl (C=O) groups is 2. The predicted octanol–water partition coefficient (Wildman–Crippen LogP) is 6.09. The van der Waals surface area contributed by atoms with Crippen LogP contribution in [0.4, 0.5) is 19.3 Å². The number of hydrogen-bond donors (Lipinski definition) is 2. The molecule has 45 heavy (non-hydrogen) atoms. The minimum atomic E-state index is -4.39. The van der Waals surface area contributed by atoms with E-state index < -0.39 is 41.7 Å². The molecular weight excluding hydrogens is 582 g/mol. The van der Waals surface area contributed by atoms with Crippen molar-refractivity contribution in [1.29, 1.82) is 0 Å². The molecule has 0 fully saturated rings. The lowest BCUT2D eigenvalue weighted by molar-refractivity contribution is -0.163. The number of alkyl carbamates (subject to hydrolysis) is 1. The molecule has 0 saturated carbocycles. The smallest absolute Gasteiger partial charge is 0.407 e. The van der Waals surface area contributed by atoms with E-state index in [0.717, 1.165) is 17.4 Å². The first-order valence-corrected chi connectivity index (χ1v) is 14.3. The molecule has 0 spiro atoms. The molecule has 0 aliphatic heterocycles. The molecule has 0 aliphatic rings. The number of pyridine rings is 2. The van der Waals surface area contributed by atoms with E-state index in [1.165, 1.54) is 24.5 Å². The Bertz CT molecular complexity index is 1510. The number of rotatable bonds is 11. The number of aliphatic hydroxyl groups excluding tert-OH is 1. The minimum Gasteiger partial charge on any atom is -0.489 e. The molecule has 0 bridgehead atoms. The number of hydrogen-bond acceptors (Lipinski definition) is 7. The number of aromatic nitrogens is 2. The molecule has 11 heteroatoms. The average Bonchev–Trinajstić information content (AvgIpc) is 3.02. The van der Waals surface area contributed by atoms with Crippen LogP contribution in [-0.2, 0) is 16.1 Å². The zero-order valence-corrected chi connectivity index (χ0v) is 25.4. The standard InChI is InChI=1S/C34H36F2N4O5/c1-23(39-32(43)45-33(2,3)4)30(41)34(35,36)31(42)40(29(27-17-8-10-19-37-27)28-18-9-11-20-38-28)25-15-12-16-26(21-25)44-22-24-13-6-5-7-14-24/h5-21,23,29-30,41H,22H2,1-4H3,(H,39,43). The third-order valence-electron chi connectivity index (χ3n) is 6.63. The molecule has 236 valence electrons. The van der Waals surface area contributed by atoms with Crippen molar-refractivity contribution in [3.8, 4) is 5.75 Å². The van der Waals surface area contributed by atoms with Crippen molar-refractivity contribution in [2.45, 2.75) is 64.0 Å². The van der Waals surface area contributed by atoms with E-state index >= 15 is 8.78 Å². The van der Waals surface area contributed by atoms with Crippen LogP contribution in [0.15, 0.2) is 103 Å². The van der Waals surface area contributed by atoms with Crippen LogP contribution in [0.1, 0.15) is 50.7 Å². The Morgan fingerprint density at radius 3 is 2.04 bits per heavy atom. The number of ether oxygens (including phenoxy) is 2. The molecule has 4 rings (SSSR count). The summed E-state index contributed by atoms with van der Waals surface area (Å²) < 4.78 is 43.4. The predicted molar refractivity (Wildman–Crippen MR) is 165 cm³/mol. The lowest BCUT2D eigenvalue weighted by Crippen LogP contribution is -2.58. The first-order valence-electron chi connectivity index (χ1n) is 14.3. The number of halogens is 2. The molecule has 0 aliphatic carbocycles. The van der Waals surface area contributed by atoms with Gasteiger partial charge in [-0.1, -0.05) is 48.5 Å². The summed E-state index contributed by atoms with van der Waals surface area (Å²) in [7, 11) is 0. The van der Waals surface area contributed by atoms with E-state index in [-0.39, 0.29) is 23.7 Å². The van der Waals surface area contributed by atoms with Crippen molar-refractivity contribution in [2.75, 3.05) is 4.90 Å². The summed E-state index contributed by atoms with van der Waals surface area (Å²) in [5.74, 6) is -5.81. The van der Waals surface area contributed by atoms with Crippen LogP contribution in [0.25, 0.3) is 0 Å². The van der Waals surface area contributed by atoms with Gasteiger partial charge in [0, 0.05) is 24.1 Å². The second-order valence-corrected chi connectivity index (χ2v) is 11.4. The molecule has 2 unspecified atom stereocenters. The number of carbonyl (C=O) groups excluding carboxylic acids is 2. The molecule has 2 amide bonds. The van der Waals surface area contributed by atoms with Crippen LogP contribution < -0.4 is 15.0 Å². The summed E-state index contributed by atoms with van der Waals surface area (Å²) in [5, 5.41) is 13.0. The average molecular weight is 619 g/mol. The van der Waals surface area contributed by atoms with Gasteiger partial charge in [-0.2, -0.15) is 8.78 Å². The molecule has 0 saturated heterocycles. The van der Waals surface area contributed by atoms with Gasteiger partial charge < -0.3 is 19.9 Å². The van der Waals surface area contributed by atoms with E-state index in [9.17, 15) is 14.7 Å². The monoisotopic (exact) mass is 618 g/mol. The fourth-order valence-electron chi connectivity index (χ4n) is 4.51. The molecule has 2 heterocycles. The second-order valence-electron chi connectivity index (χ2n) is 11.4. The number of anilines is 1. The van der Waals surface area contributed by atoms with Gasteiger partial charge in [0.05, 0.1) is 17.4 Å². The maximum absolute atomic E-state index is 16.1. The van der Waals surface area contributed by atoms with Gasteiger partial charge in [0.15, 0.2) is 0 Å². The third-order valence-corrected chi connectivity index (χ3v) is 6.63. The Morgan fingerprint density at radius 2 is 1.49 bits per heavy atom. The van der Waals surface area contributed by atoms with Crippen molar-refractivity contribution in [3.63, 3.8) is 0 Å². The van der Waals surface area contributed by atoms with Gasteiger partial charge in [-0.15, -0.1) is 0 Å². The highest BCUT2D eigenvalue weighted by atomic mass is 19.3. The van der Waals surface area contributed by atoms with E-state index in [1.807, 2.05) is 30.3 Å². The Kier molecular flexibility index (Phi) is 10.5. The van der Waals surface area contributed by atoms with E-state index in [4.69, 9.17) is 9.47 Å². The highest BCUT2D eigenvalue weighted by Crippen LogP contribution is 2.37. The number of alkyl halides is 2. The first kappa shape index (κ1) is 33.0. The van der Waals surface area contributed by atoms with Crippen molar-refractivity contribution < 1.29 is 33.0 Å². The zero-order chi connectivity index (χ0) is 32.6. The van der Waals surface area contributed by atoms with E-state index in [2.05, 4.69) is 15.3 Å². The molecule has 0 radical (unpaired) electrons. The fraction of sp³-hybridized carbons (Fsp3) is 0.294. The molecule has 4 aromatic rings. The molecule has 2 aromatic carbocycles. The fourth-order valence-corrected chi connectivity index (χ4v) is 4.51. The number of nitrogens with zero attached hydrogens (tertiary/aromatic N) is 3. The highest BCUT2D eigenvalue weighted by molar-refractivity contribution is 6.00. The molecule has 2 atom stereocenters. The lowest BCUT2D eigenvalue weighted by atomic mass is 10.00. The van der Waals surface area contributed by atoms with Crippen molar-refractivity contribution >= 4 is 17.7 Å². The molecule has 2 aromatic heterocycles. The topological polar surface area (TPSA) is 114 Å². The molecule has 2 N–H and O–H groups in total. The van der Waals surface area contributed by atoms with Gasteiger partial charge in [-0.25, -0.2) is 4.79 Å². The number of amides is 2. The quantitative estimate of drug-likeness (QED) is 0.209. The van der Waals surface area contributed by atoms with Crippen LogP contribution in [0.2, 0.25) is 0 Å². The van der Waals surface area contributed by atoms with Crippen LogP contribution >= 0.6 is 0 Å². The van der Waals surface area contributed by atoms with Crippen LogP contribution in [0.3, 0.4) is 0 Å². The first-order chi connectivity index (χ1) is 21.4. The largest absolute Gasteiger partial charge is 0.489 e. The van der Waals surface area contributed by atoms with Gasteiger partial charge in [-0.3, -0.25) is 19.7 Å². The summed E-state index contributed by atoms with van der Waals surface area (Å²) >= 11 is 0. The van der Waals surface area contributed by atoms with Gasteiger partial charge in [0.2, 0.25) is 0 Å². The Hall–Kier alpha value is -4.90. The Labute approximate surface area is 260 Å². The SMILES string of the molecule is CC(NC(=O)OC(C)(C)C)C(O)C(F)(F)C(=O)N(c1cccc(OCc2ccccc2)c1)C(c1ccccn1)c1ccccn1. The maximum Gasteiger partial charge on any atom is 0.407 e. The third kappa shape index (κ3) is 8.60. The lowest BCUT2D eigenvalue weighted by Gasteiger charge is -2.36. The molecule has 9 nitrogen and oxygen atoms in total. The summed E-state index contributed by atoms with van der Waals surface area (Å²) in [6.45, 7) is 6.18. The van der Waals surface area contributed by atoms with Crippen LogP contribution in [0, 0.1) is 0 Å². The summed E-state index contributed by atoms with van der Waals surface area (Å²) in [6, 6.07) is 22.6. The molecular formula is C34H36F2N4O5. The highest BCUT2D eigenvalue weighted by Gasteiger charge is 2.53. The Morgan fingerprint density at radius 1 is 0.889 bits per heavy atom. The van der Waals surface area contributed by atoms with Gasteiger partial charge in [0.25, 0.3) is 0 Å². The summed E-state index contributed by atoms with van der Waals surface area (Å²) in [5.41, 5.74) is 0.537. The van der Waals surface area contributed by atoms with Crippen molar-refractivity contribution in [2.24, 2.45) is 0 Å². The van der Waals surface area contributed by atoms with Gasteiger partial charge in [-0.05, 0) is 69.7 Å². The van der Waals surface area contributed by atoms with E-state index in [1.54, 1.807) is 69.3 Å². The van der Waals surface area contributed by atoms with E-state index in [0.29, 0.717) is 5.75 Å². The number of nitrogens with one attached hydrogen (secondary N) is 1. The normalized spacial score (nSPS) is 13.1. The van der Waals surface area contributed by atoms with Crippen molar-refractivity contribution in [3.05, 3.63) is 120 Å². The van der Waals surface area contributed by atoms with Gasteiger partial charge in [0.1, 0.15) is 30.1 Å².